The molecule has 2 rings (SSSR count). The predicted molar refractivity (Wildman–Crippen MR) is 125 cm³/mol. The lowest BCUT2D eigenvalue weighted by Crippen LogP contribution is -2.21. The monoisotopic (exact) mass is 474 g/mol. The van der Waals surface area contributed by atoms with Crippen LogP contribution in [-0.4, -0.2) is 50.6 Å². The molecule has 0 unspecified atom stereocenters. The minimum absolute atomic E-state index is 0.0931. The average molecular weight is 475 g/mol. The van der Waals surface area contributed by atoms with Crippen molar-refractivity contribution in [2.24, 2.45) is 0 Å². The lowest BCUT2D eigenvalue weighted by molar-refractivity contribution is -0.142. The van der Waals surface area contributed by atoms with Crippen LogP contribution in [0, 0.1) is 6.92 Å². The van der Waals surface area contributed by atoms with Gasteiger partial charge in [-0.3, -0.25) is 9.59 Å². The minimum Gasteiger partial charge on any atom is -0.494 e. The second-order valence-electron chi connectivity index (χ2n) is 6.55. The summed E-state index contributed by atoms with van der Waals surface area (Å²) in [4.78, 5) is 48.9. The van der Waals surface area contributed by atoms with Crippen molar-refractivity contribution < 1.29 is 33.4 Å². The Hall–Kier alpha value is -3.66. The molecule has 0 saturated heterocycles. The number of amides is 2. The maximum atomic E-state index is 12.3. The highest BCUT2D eigenvalue weighted by Crippen LogP contribution is 2.33. The number of esters is 2. The summed E-state index contributed by atoms with van der Waals surface area (Å²) in [5.41, 5.74) is 1.24. The van der Waals surface area contributed by atoms with Gasteiger partial charge in [0.15, 0.2) is 6.61 Å². The third-order valence-corrected chi connectivity index (χ3v) is 5.47. The van der Waals surface area contributed by atoms with Gasteiger partial charge in [0.1, 0.15) is 10.8 Å². The number of anilines is 1. The molecule has 0 aliphatic carbocycles. The van der Waals surface area contributed by atoms with E-state index in [1.807, 2.05) is 6.92 Å². The van der Waals surface area contributed by atoms with Crippen molar-refractivity contribution in [1.82, 2.24) is 5.32 Å². The highest BCUT2D eigenvalue weighted by atomic mass is 32.1. The molecule has 0 fully saturated rings. The number of carbonyl (C=O) groups is 4. The van der Waals surface area contributed by atoms with Crippen LogP contribution in [0.3, 0.4) is 0 Å². The van der Waals surface area contributed by atoms with Crippen molar-refractivity contribution in [3.63, 3.8) is 0 Å². The van der Waals surface area contributed by atoms with E-state index in [0.717, 1.165) is 22.6 Å². The van der Waals surface area contributed by atoms with Crippen molar-refractivity contribution in [3.05, 3.63) is 51.9 Å². The summed E-state index contributed by atoms with van der Waals surface area (Å²) >= 11 is 0.938. The molecule has 0 aliphatic rings. The molecule has 0 atom stereocenters. The second-order valence-corrected chi connectivity index (χ2v) is 7.57. The SMILES string of the molecule is CCOC(=O)c1c(NC(=O)COC(=O)/C=C/c2ccc(OCC)cc2)sc(C(=O)NC)c1C. The zero-order valence-electron chi connectivity index (χ0n) is 18.9. The predicted octanol–water partition coefficient (Wildman–Crippen LogP) is 3.19. The highest BCUT2D eigenvalue weighted by molar-refractivity contribution is 7.18. The Balaban J connectivity index is 2.01. The molecule has 1 aromatic carbocycles. The van der Waals surface area contributed by atoms with Gasteiger partial charge in [-0.05, 0) is 50.1 Å². The summed E-state index contributed by atoms with van der Waals surface area (Å²) in [5, 5.41) is 5.16. The van der Waals surface area contributed by atoms with E-state index in [1.165, 1.54) is 13.1 Å². The molecule has 0 saturated carbocycles. The average Bonchev–Trinajstić information content (AvgIpc) is 3.12. The van der Waals surface area contributed by atoms with Crippen molar-refractivity contribution in [1.29, 1.82) is 0 Å². The van der Waals surface area contributed by atoms with Gasteiger partial charge in [0.05, 0.1) is 23.7 Å². The molecular weight excluding hydrogens is 448 g/mol. The summed E-state index contributed by atoms with van der Waals surface area (Å²) in [6.45, 7) is 5.25. The fraction of sp³-hybridized carbons (Fsp3) is 0.304. The van der Waals surface area contributed by atoms with Gasteiger partial charge in [0.25, 0.3) is 11.8 Å². The van der Waals surface area contributed by atoms with E-state index in [0.29, 0.717) is 12.2 Å². The zero-order chi connectivity index (χ0) is 24.4. The number of thiophene rings is 1. The van der Waals surface area contributed by atoms with Crippen LogP contribution in [0.2, 0.25) is 0 Å². The molecule has 0 spiro atoms. The molecule has 176 valence electrons. The molecule has 0 radical (unpaired) electrons. The fourth-order valence-corrected chi connectivity index (χ4v) is 3.89. The number of hydrogen-bond acceptors (Lipinski definition) is 8. The second kappa shape index (κ2) is 12.4. The summed E-state index contributed by atoms with van der Waals surface area (Å²) < 4.78 is 15.3. The maximum absolute atomic E-state index is 12.3. The molecule has 1 heterocycles. The van der Waals surface area contributed by atoms with Crippen molar-refractivity contribution in [2.45, 2.75) is 20.8 Å². The van der Waals surface area contributed by atoms with E-state index in [4.69, 9.17) is 14.2 Å². The number of carbonyl (C=O) groups excluding carboxylic acids is 4. The van der Waals surface area contributed by atoms with E-state index >= 15 is 0 Å². The molecule has 0 bridgehead atoms. The van der Waals surface area contributed by atoms with E-state index in [1.54, 1.807) is 44.2 Å². The van der Waals surface area contributed by atoms with Crippen LogP contribution in [-0.2, 0) is 19.1 Å². The molecule has 0 aliphatic heterocycles. The maximum Gasteiger partial charge on any atom is 0.341 e. The van der Waals surface area contributed by atoms with Crippen LogP contribution in [0.25, 0.3) is 6.08 Å². The van der Waals surface area contributed by atoms with Gasteiger partial charge >= 0.3 is 11.9 Å². The van der Waals surface area contributed by atoms with E-state index < -0.39 is 30.4 Å². The normalized spacial score (nSPS) is 10.5. The molecule has 2 amide bonds. The summed E-state index contributed by atoms with van der Waals surface area (Å²) in [6, 6.07) is 7.11. The quantitative estimate of drug-likeness (QED) is 0.401. The standard InChI is InChI=1S/C23H26N2O7S/c1-5-30-16-10-7-15(8-11-16)9-12-18(27)32-13-17(26)25-22-19(23(29)31-6-2)14(3)20(33-22)21(28)24-4/h7-12H,5-6,13H2,1-4H3,(H,24,28)(H,25,26)/b12-9+. The smallest absolute Gasteiger partial charge is 0.341 e. The van der Waals surface area contributed by atoms with Gasteiger partial charge in [-0.1, -0.05) is 12.1 Å². The summed E-state index contributed by atoms with van der Waals surface area (Å²) in [6.07, 6.45) is 2.75. The first kappa shape index (κ1) is 25.6. The molecule has 2 aromatic rings. The zero-order valence-corrected chi connectivity index (χ0v) is 19.7. The lowest BCUT2D eigenvalue weighted by Gasteiger charge is -2.07. The molecule has 1 aromatic heterocycles. The third-order valence-electron chi connectivity index (χ3n) is 4.26. The minimum atomic E-state index is -0.710. The Morgan fingerprint density at radius 3 is 2.33 bits per heavy atom. The Kier molecular flexibility index (Phi) is 9.62. The van der Waals surface area contributed by atoms with E-state index in [9.17, 15) is 19.2 Å². The Bertz CT molecular complexity index is 1040. The Morgan fingerprint density at radius 2 is 1.73 bits per heavy atom. The van der Waals surface area contributed by atoms with Crippen LogP contribution in [0.1, 0.15) is 45.0 Å². The fourth-order valence-electron chi connectivity index (χ4n) is 2.73. The first-order valence-electron chi connectivity index (χ1n) is 10.2. The van der Waals surface area contributed by atoms with E-state index in [2.05, 4.69) is 10.6 Å². The van der Waals surface area contributed by atoms with Gasteiger partial charge < -0.3 is 24.8 Å². The number of benzene rings is 1. The lowest BCUT2D eigenvalue weighted by atomic mass is 10.1. The van der Waals surface area contributed by atoms with Crippen LogP contribution < -0.4 is 15.4 Å². The first-order valence-corrected chi connectivity index (χ1v) is 11.0. The largest absolute Gasteiger partial charge is 0.494 e. The Labute approximate surface area is 195 Å². The molecule has 10 heteroatoms. The van der Waals surface area contributed by atoms with Crippen molar-refractivity contribution in [2.75, 3.05) is 32.2 Å². The number of ether oxygens (including phenoxy) is 3. The van der Waals surface area contributed by atoms with Gasteiger partial charge in [0.2, 0.25) is 0 Å². The number of hydrogen-bond donors (Lipinski definition) is 2. The third kappa shape index (κ3) is 7.18. The van der Waals surface area contributed by atoms with Gasteiger partial charge in [-0.2, -0.15) is 0 Å². The number of nitrogens with one attached hydrogen (secondary N) is 2. The van der Waals surface area contributed by atoms with Crippen LogP contribution in [0.5, 0.6) is 5.75 Å². The highest BCUT2D eigenvalue weighted by Gasteiger charge is 2.26. The molecular formula is C23H26N2O7S. The summed E-state index contributed by atoms with van der Waals surface area (Å²) in [7, 11) is 1.46. The van der Waals surface area contributed by atoms with Crippen molar-refractivity contribution in [3.8, 4) is 5.75 Å². The first-order chi connectivity index (χ1) is 15.8. The van der Waals surface area contributed by atoms with E-state index in [-0.39, 0.29) is 22.0 Å². The van der Waals surface area contributed by atoms with Crippen LogP contribution >= 0.6 is 11.3 Å². The van der Waals surface area contributed by atoms with Crippen molar-refractivity contribution >= 4 is 46.2 Å². The van der Waals surface area contributed by atoms with Gasteiger partial charge in [-0.15, -0.1) is 11.3 Å². The Morgan fingerprint density at radius 1 is 1.03 bits per heavy atom. The van der Waals surface area contributed by atoms with Gasteiger partial charge in [0, 0.05) is 13.1 Å². The topological polar surface area (TPSA) is 120 Å². The van der Waals surface area contributed by atoms with Gasteiger partial charge in [-0.25, -0.2) is 9.59 Å². The molecule has 2 N–H and O–H groups in total. The summed E-state index contributed by atoms with van der Waals surface area (Å²) in [5.74, 6) is -1.70. The molecule has 9 nitrogen and oxygen atoms in total. The number of rotatable bonds is 10. The van der Waals surface area contributed by atoms with Crippen LogP contribution in [0.4, 0.5) is 5.00 Å². The van der Waals surface area contributed by atoms with Crippen LogP contribution in [0.15, 0.2) is 30.3 Å². The molecule has 33 heavy (non-hydrogen) atoms.